The van der Waals surface area contributed by atoms with E-state index in [0.29, 0.717) is 11.3 Å². The molecule has 9 heteroatoms. The Morgan fingerprint density at radius 1 is 1.23 bits per heavy atom. The van der Waals surface area contributed by atoms with Crippen LogP contribution in [0.2, 0.25) is 0 Å². The molecule has 2 aromatic rings. The number of H-pyrrole nitrogens is 1. The lowest BCUT2D eigenvalue weighted by molar-refractivity contribution is -0.0155. The predicted octanol–water partition coefficient (Wildman–Crippen LogP) is 1.76. The van der Waals surface area contributed by atoms with E-state index in [1.54, 1.807) is 24.3 Å². The molecule has 2 atom stereocenters. The van der Waals surface area contributed by atoms with Gasteiger partial charge in [0.05, 0.1) is 24.5 Å². The number of rotatable bonds is 5. The highest BCUT2D eigenvalue weighted by molar-refractivity contribution is 6.09. The number of nitrogens with zero attached hydrogens (tertiary/aromatic N) is 2. The molecule has 0 saturated carbocycles. The maximum atomic E-state index is 11.7. The Labute approximate surface area is 174 Å². The molecule has 158 valence electrons. The third kappa shape index (κ3) is 4.69. The predicted molar refractivity (Wildman–Crippen MR) is 114 cm³/mol. The number of anilines is 1. The lowest BCUT2D eigenvalue weighted by atomic mass is 10.2. The number of urea groups is 1. The van der Waals surface area contributed by atoms with Crippen LogP contribution in [0.15, 0.2) is 47.6 Å². The van der Waals surface area contributed by atoms with Crippen molar-refractivity contribution in [3.63, 3.8) is 0 Å². The van der Waals surface area contributed by atoms with Gasteiger partial charge in [-0.05, 0) is 49.2 Å². The molecule has 2 saturated heterocycles. The molecule has 0 aliphatic carbocycles. The molecule has 1 aromatic heterocycles. The number of aliphatic imine (C=N–C) groups is 1. The van der Waals surface area contributed by atoms with Crippen molar-refractivity contribution in [3.05, 3.63) is 53.9 Å². The Morgan fingerprint density at radius 3 is 2.60 bits per heavy atom. The highest BCUT2D eigenvalue weighted by Crippen LogP contribution is 2.27. The number of fused-ring (bicyclic) bond motifs is 2. The Balaban J connectivity index is 1.49. The van der Waals surface area contributed by atoms with Crippen LogP contribution in [0.25, 0.3) is 0 Å². The molecular formula is C21H26N6O3. The minimum absolute atomic E-state index is 0.116. The lowest BCUT2D eigenvalue weighted by Gasteiger charge is -2.34. The summed E-state index contributed by atoms with van der Waals surface area (Å²) in [6.45, 7) is 1.62. The number of hydrogen-bond acceptors (Lipinski definition) is 4. The van der Waals surface area contributed by atoms with E-state index in [9.17, 15) is 4.79 Å². The first-order chi connectivity index (χ1) is 14.6. The van der Waals surface area contributed by atoms with Crippen molar-refractivity contribution in [1.29, 1.82) is 5.41 Å². The van der Waals surface area contributed by atoms with Gasteiger partial charge in [0.25, 0.3) is 0 Å². The topological polar surface area (TPSA) is 126 Å². The number of carbonyl (C=O) groups excluding carboxylic acids is 1. The number of ether oxygens (including phenoxy) is 1. The quantitative estimate of drug-likeness (QED) is 0.380. The molecule has 2 fully saturated rings. The summed E-state index contributed by atoms with van der Waals surface area (Å²) in [6, 6.07) is 10.4. The summed E-state index contributed by atoms with van der Waals surface area (Å²) >= 11 is 0. The second-order valence-electron chi connectivity index (χ2n) is 7.41. The van der Waals surface area contributed by atoms with Crippen molar-refractivity contribution in [2.24, 2.45) is 4.99 Å². The standard InChI is InChI=1S/C21H26N6O3/c22-19(14-3-5-15(6-4-14)25-21(29)24-10-11-28)26-20(18-2-1-9-23-18)27-12-16-7-8-17(13-27)30-16/h1-6,9,16-17,22-23,28H,7-8,10-13H2,(H2,24,25,29)/t16-,17-/m0/s1. The van der Waals surface area contributed by atoms with Crippen LogP contribution in [-0.2, 0) is 4.74 Å². The summed E-state index contributed by atoms with van der Waals surface area (Å²) in [4.78, 5) is 21.7. The highest BCUT2D eigenvalue weighted by Gasteiger charge is 2.35. The van der Waals surface area contributed by atoms with Gasteiger partial charge in [-0.2, -0.15) is 0 Å². The fourth-order valence-corrected chi connectivity index (χ4v) is 3.79. The summed E-state index contributed by atoms with van der Waals surface area (Å²) in [5, 5.41) is 22.5. The van der Waals surface area contributed by atoms with Gasteiger partial charge in [-0.3, -0.25) is 5.41 Å². The molecule has 2 bridgehead atoms. The van der Waals surface area contributed by atoms with E-state index in [0.717, 1.165) is 37.5 Å². The van der Waals surface area contributed by atoms with Crippen LogP contribution < -0.4 is 10.6 Å². The Morgan fingerprint density at radius 2 is 1.97 bits per heavy atom. The van der Waals surface area contributed by atoms with Crippen molar-refractivity contribution in [3.8, 4) is 0 Å². The first kappa shape index (κ1) is 20.1. The zero-order valence-electron chi connectivity index (χ0n) is 16.6. The van der Waals surface area contributed by atoms with Gasteiger partial charge in [-0.15, -0.1) is 0 Å². The van der Waals surface area contributed by atoms with Gasteiger partial charge in [-0.1, -0.05) is 0 Å². The minimum Gasteiger partial charge on any atom is -0.395 e. The number of nitrogens with one attached hydrogen (secondary N) is 4. The number of likely N-dealkylation sites (tertiary alicyclic amines) is 1. The second kappa shape index (κ2) is 9.10. The van der Waals surface area contributed by atoms with Gasteiger partial charge in [-0.25, -0.2) is 9.79 Å². The highest BCUT2D eigenvalue weighted by atomic mass is 16.5. The van der Waals surface area contributed by atoms with Gasteiger partial charge < -0.3 is 30.4 Å². The number of hydrogen-bond donors (Lipinski definition) is 5. The average Bonchev–Trinajstić information content (AvgIpc) is 3.40. The fraction of sp³-hybridized carbons (Fsp3) is 0.381. The molecule has 1 aromatic carbocycles. The molecule has 0 spiro atoms. The molecule has 4 rings (SSSR count). The van der Waals surface area contributed by atoms with E-state index in [1.807, 2.05) is 18.3 Å². The first-order valence-electron chi connectivity index (χ1n) is 10.1. The molecule has 2 aliphatic rings. The van der Waals surface area contributed by atoms with Crippen molar-refractivity contribution >= 4 is 23.4 Å². The number of amides is 2. The van der Waals surface area contributed by atoms with Crippen LogP contribution in [0.1, 0.15) is 24.1 Å². The van der Waals surface area contributed by atoms with E-state index in [2.05, 4.69) is 25.5 Å². The molecule has 5 N–H and O–H groups in total. The Bertz CT molecular complexity index is 897. The lowest BCUT2D eigenvalue weighted by Crippen LogP contribution is -2.46. The zero-order chi connectivity index (χ0) is 20.9. The van der Waals surface area contributed by atoms with Gasteiger partial charge in [0.2, 0.25) is 0 Å². The molecule has 2 amide bonds. The summed E-state index contributed by atoms with van der Waals surface area (Å²) in [5.41, 5.74) is 2.12. The number of carbonyl (C=O) groups is 1. The monoisotopic (exact) mass is 410 g/mol. The van der Waals surface area contributed by atoms with Crippen LogP contribution in [0, 0.1) is 5.41 Å². The maximum absolute atomic E-state index is 11.7. The number of benzene rings is 1. The molecule has 0 radical (unpaired) electrons. The molecule has 2 aliphatic heterocycles. The van der Waals surface area contributed by atoms with Gasteiger partial charge in [0.15, 0.2) is 11.7 Å². The summed E-state index contributed by atoms with van der Waals surface area (Å²) in [5.74, 6) is 0.894. The second-order valence-corrected chi connectivity index (χ2v) is 7.41. The van der Waals surface area contributed by atoms with E-state index in [1.165, 1.54) is 0 Å². The largest absolute Gasteiger partial charge is 0.395 e. The van der Waals surface area contributed by atoms with Crippen LogP contribution >= 0.6 is 0 Å². The minimum atomic E-state index is -0.388. The van der Waals surface area contributed by atoms with E-state index in [-0.39, 0.29) is 37.2 Å². The van der Waals surface area contributed by atoms with E-state index in [4.69, 9.17) is 15.3 Å². The van der Waals surface area contributed by atoms with Crippen LogP contribution in [0.3, 0.4) is 0 Å². The van der Waals surface area contributed by atoms with Crippen LogP contribution in [-0.4, -0.2) is 71.1 Å². The smallest absolute Gasteiger partial charge is 0.319 e. The Hall–Kier alpha value is -3.17. The van der Waals surface area contributed by atoms with E-state index < -0.39 is 0 Å². The van der Waals surface area contributed by atoms with Crippen molar-refractivity contribution in [2.75, 3.05) is 31.6 Å². The Kier molecular flexibility index (Phi) is 6.10. The number of aromatic nitrogens is 1. The summed E-state index contributed by atoms with van der Waals surface area (Å²) in [7, 11) is 0. The van der Waals surface area contributed by atoms with Crippen LogP contribution in [0.5, 0.6) is 0 Å². The average molecular weight is 410 g/mol. The van der Waals surface area contributed by atoms with Gasteiger partial charge in [0, 0.05) is 37.1 Å². The number of morpholine rings is 1. The SMILES string of the molecule is N=C(N=C(c1ccc[nH]1)N1C[C@@H]2CC[C@@H](C1)O2)c1ccc(NC(=O)NCCO)cc1. The maximum Gasteiger partial charge on any atom is 0.319 e. The molecule has 9 nitrogen and oxygen atoms in total. The van der Waals surface area contributed by atoms with Gasteiger partial charge >= 0.3 is 6.03 Å². The number of aromatic amines is 1. The summed E-state index contributed by atoms with van der Waals surface area (Å²) < 4.78 is 5.94. The third-order valence-electron chi connectivity index (χ3n) is 5.21. The van der Waals surface area contributed by atoms with Crippen molar-refractivity contribution < 1.29 is 14.6 Å². The normalized spacial score (nSPS) is 20.8. The number of aliphatic hydroxyl groups is 1. The number of aliphatic hydroxyl groups excluding tert-OH is 1. The number of amidine groups is 2. The summed E-state index contributed by atoms with van der Waals surface area (Å²) in [6.07, 6.45) is 4.43. The van der Waals surface area contributed by atoms with E-state index >= 15 is 0 Å². The van der Waals surface area contributed by atoms with Gasteiger partial charge in [0.1, 0.15) is 0 Å². The van der Waals surface area contributed by atoms with Crippen molar-refractivity contribution in [2.45, 2.75) is 25.0 Å². The van der Waals surface area contributed by atoms with Crippen molar-refractivity contribution in [1.82, 2.24) is 15.2 Å². The first-order valence-corrected chi connectivity index (χ1v) is 10.1. The fourth-order valence-electron chi connectivity index (χ4n) is 3.79. The van der Waals surface area contributed by atoms with Crippen LogP contribution in [0.4, 0.5) is 10.5 Å². The molecule has 3 heterocycles. The molecule has 0 unspecified atom stereocenters. The zero-order valence-corrected chi connectivity index (χ0v) is 16.6. The molecular weight excluding hydrogens is 384 g/mol. The molecule has 30 heavy (non-hydrogen) atoms. The third-order valence-corrected chi connectivity index (χ3v) is 5.21.